The number of nitrogens with two attached hydrogens (primary N) is 1. The van der Waals surface area contributed by atoms with Crippen LogP contribution in [0.1, 0.15) is 18.5 Å². The predicted octanol–water partition coefficient (Wildman–Crippen LogP) is 2.48. The van der Waals surface area contributed by atoms with Crippen LogP contribution in [0.25, 0.3) is 11.3 Å². The molecule has 0 bridgehead atoms. The number of esters is 1. The Balaban J connectivity index is 1.57. The second-order valence-corrected chi connectivity index (χ2v) is 6.24. The second kappa shape index (κ2) is 7.65. The van der Waals surface area contributed by atoms with Gasteiger partial charge in [-0.15, -0.1) is 0 Å². The van der Waals surface area contributed by atoms with E-state index in [4.69, 9.17) is 15.2 Å². The number of halogens is 2. The van der Waals surface area contributed by atoms with E-state index in [2.05, 4.69) is 21.5 Å². The van der Waals surface area contributed by atoms with Crippen molar-refractivity contribution in [3.05, 3.63) is 48.6 Å². The molecule has 1 atom stereocenters. The third kappa shape index (κ3) is 5.19. The summed E-state index contributed by atoms with van der Waals surface area (Å²) in [5.74, 6) is -3.88. The van der Waals surface area contributed by atoms with Gasteiger partial charge in [-0.05, 0) is 12.1 Å². The fourth-order valence-corrected chi connectivity index (χ4v) is 2.26. The Labute approximate surface area is 154 Å². The molecule has 0 amide bonds. The lowest BCUT2D eigenvalue weighted by molar-refractivity contribution is -0.144. The molecule has 1 aliphatic rings. The van der Waals surface area contributed by atoms with Crippen molar-refractivity contribution in [3.63, 3.8) is 0 Å². The molecule has 27 heavy (non-hydrogen) atoms. The summed E-state index contributed by atoms with van der Waals surface area (Å²) in [6.07, 6.45) is 2.77. The summed E-state index contributed by atoms with van der Waals surface area (Å²) in [5.41, 5.74) is 7.32. The number of hydrogen-bond donors (Lipinski definition) is 1. The maximum absolute atomic E-state index is 12.8. The summed E-state index contributed by atoms with van der Waals surface area (Å²) in [5, 5.41) is 0. The molecule has 2 heterocycles. The van der Waals surface area contributed by atoms with Crippen molar-refractivity contribution in [2.24, 2.45) is 11.7 Å². The van der Waals surface area contributed by atoms with Gasteiger partial charge in [-0.1, -0.05) is 12.6 Å². The van der Waals surface area contributed by atoms with E-state index in [-0.39, 0.29) is 37.8 Å². The fourth-order valence-electron chi connectivity index (χ4n) is 2.26. The van der Waals surface area contributed by atoms with E-state index in [1.54, 1.807) is 18.2 Å². The Morgan fingerprint density at radius 2 is 2.04 bits per heavy atom. The fraction of sp³-hybridized carbons (Fsp3) is 0.333. The van der Waals surface area contributed by atoms with E-state index >= 15 is 0 Å². The number of pyridine rings is 1. The summed E-state index contributed by atoms with van der Waals surface area (Å²) >= 11 is 0. The Morgan fingerprint density at radius 3 is 2.67 bits per heavy atom. The standard InChI is InChI=1S/C18H18F2N4O3/c1-11(21)5-16(25)26-10-14-3-2-4-15(24-14)12-7-22-17(23-8-12)27-9-13-6-18(13,19)20/h2-4,7-8,13H,1,5-6,9-10,21H2/t13-/m1/s1. The lowest BCUT2D eigenvalue weighted by Crippen LogP contribution is -2.09. The van der Waals surface area contributed by atoms with Crippen LogP contribution in [0.3, 0.4) is 0 Å². The largest absolute Gasteiger partial charge is 0.463 e. The van der Waals surface area contributed by atoms with Crippen LogP contribution in [0.5, 0.6) is 6.01 Å². The van der Waals surface area contributed by atoms with E-state index in [1.165, 1.54) is 12.4 Å². The van der Waals surface area contributed by atoms with Crippen LogP contribution in [-0.4, -0.2) is 33.5 Å². The van der Waals surface area contributed by atoms with Gasteiger partial charge in [-0.25, -0.2) is 23.7 Å². The molecule has 3 rings (SSSR count). The maximum atomic E-state index is 12.8. The first-order valence-electron chi connectivity index (χ1n) is 8.21. The molecule has 0 unspecified atom stereocenters. The average Bonchev–Trinajstić information content (AvgIpc) is 3.25. The summed E-state index contributed by atoms with van der Waals surface area (Å²) < 4.78 is 35.9. The van der Waals surface area contributed by atoms with Gasteiger partial charge in [-0.2, -0.15) is 0 Å². The molecule has 0 aromatic carbocycles. The second-order valence-electron chi connectivity index (χ2n) is 6.24. The van der Waals surface area contributed by atoms with Crippen molar-refractivity contribution in [3.8, 4) is 17.3 Å². The Morgan fingerprint density at radius 1 is 1.33 bits per heavy atom. The van der Waals surface area contributed by atoms with Crippen molar-refractivity contribution < 1.29 is 23.0 Å². The van der Waals surface area contributed by atoms with Gasteiger partial charge in [0.05, 0.1) is 23.7 Å². The van der Waals surface area contributed by atoms with Gasteiger partial charge in [0, 0.05) is 30.1 Å². The molecule has 7 nitrogen and oxygen atoms in total. The first kappa shape index (κ1) is 18.7. The van der Waals surface area contributed by atoms with Crippen molar-refractivity contribution in [2.45, 2.75) is 25.4 Å². The number of ether oxygens (including phenoxy) is 2. The number of alkyl halides is 2. The first-order valence-corrected chi connectivity index (χ1v) is 8.21. The number of rotatable bonds is 8. The molecule has 0 spiro atoms. The van der Waals surface area contributed by atoms with Crippen LogP contribution < -0.4 is 10.5 Å². The van der Waals surface area contributed by atoms with Gasteiger partial charge in [0.2, 0.25) is 0 Å². The summed E-state index contributed by atoms with van der Waals surface area (Å²) in [4.78, 5) is 23.9. The zero-order valence-corrected chi connectivity index (χ0v) is 14.4. The SMILES string of the molecule is C=C(N)CC(=O)OCc1cccc(-c2cnc(OC[C@H]3CC3(F)F)nc2)n1. The van der Waals surface area contributed by atoms with E-state index in [0.717, 1.165) is 0 Å². The quantitative estimate of drug-likeness (QED) is 0.707. The first-order chi connectivity index (χ1) is 12.8. The summed E-state index contributed by atoms with van der Waals surface area (Å²) in [6.45, 7) is 3.33. The molecule has 1 saturated carbocycles. The Hall–Kier alpha value is -3.10. The van der Waals surface area contributed by atoms with Crippen LogP contribution >= 0.6 is 0 Å². The molecular weight excluding hydrogens is 358 g/mol. The molecule has 0 radical (unpaired) electrons. The third-order valence-corrected chi connectivity index (χ3v) is 3.85. The molecule has 1 fully saturated rings. The predicted molar refractivity (Wildman–Crippen MR) is 91.6 cm³/mol. The van der Waals surface area contributed by atoms with Crippen molar-refractivity contribution >= 4 is 5.97 Å². The lowest BCUT2D eigenvalue weighted by Gasteiger charge is -2.07. The number of carbonyl (C=O) groups excluding carboxylic acids is 1. The Kier molecular flexibility index (Phi) is 5.29. The van der Waals surface area contributed by atoms with Crippen LogP contribution in [0, 0.1) is 5.92 Å². The van der Waals surface area contributed by atoms with Crippen molar-refractivity contribution in [2.75, 3.05) is 6.61 Å². The number of aromatic nitrogens is 3. The Bertz CT molecular complexity index is 843. The molecule has 2 aromatic heterocycles. The van der Waals surface area contributed by atoms with E-state index in [0.29, 0.717) is 17.0 Å². The van der Waals surface area contributed by atoms with Gasteiger partial charge in [0.25, 0.3) is 5.92 Å². The molecular formula is C18H18F2N4O3. The highest BCUT2D eigenvalue weighted by molar-refractivity contribution is 5.72. The van der Waals surface area contributed by atoms with Gasteiger partial charge < -0.3 is 15.2 Å². The molecule has 9 heteroatoms. The summed E-state index contributed by atoms with van der Waals surface area (Å²) in [7, 11) is 0. The normalized spacial score (nSPS) is 17.2. The van der Waals surface area contributed by atoms with E-state index in [1.807, 2.05) is 0 Å². The minimum Gasteiger partial charge on any atom is -0.463 e. The minimum absolute atomic E-state index is 0.00238. The molecule has 142 valence electrons. The maximum Gasteiger partial charge on any atom is 0.316 e. The molecule has 2 aromatic rings. The monoisotopic (exact) mass is 376 g/mol. The van der Waals surface area contributed by atoms with Crippen molar-refractivity contribution in [1.82, 2.24) is 15.0 Å². The zero-order chi connectivity index (χ0) is 19.4. The highest BCUT2D eigenvalue weighted by atomic mass is 19.3. The summed E-state index contributed by atoms with van der Waals surface area (Å²) in [6, 6.07) is 5.25. The molecule has 0 saturated heterocycles. The van der Waals surface area contributed by atoms with Gasteiger partial charge in [0.15, 0.2) is 0 Å². The third-order valence-electron chi connectivity index (χ3n) is 3.85. The number of hydrogen-bond acceptors (Lipinski definition) is 7. The van der Waals surface area contributed by atoms with Crippen LogP contribution in [0.15, 0.2) is 42.9 Å². The molecule has 0 aliphatic heterocycles. The van der Waals surface area contributed by atoms with Gasteiger partial charge in [-0.3, -0.25) is 4.79 Å². The van der Waals surface area contributed by atoms with E-state index in [9.17, 15) is 13.6 Å². The minimum atomic E-state index is -2.63. The smallest absolute Gasteiger partial charge is 0.316 e. The number of nitrogens with zero attached hydrogens (tertiary/aromatic N) is 3. The molecule has 1 aliphatic carbocycles. The lowest BCUT2D eigenvalue weighted by atomic mass is 10.2. The topological polar surface area (TPSA) is 100 Å². The van der Waals surface area contributed by atoms with Crippen LogP contribution in [0.4, 0.5) is 8.78 Å². The van der Waals surface area contributed by atoms with E-state index < -0.39 is 17.8 Å². The van der Waals surface area contributed by atoms with Crippen LogP contribution in [0.2, 0.25) is 0 Å². The highest BCUT2D eigenvalue weighted by Gasteiger charge is 2.57. The van der Waals surface area contributed by atoms with Gasteiger partial charge >= 0.3 is 12.0 Å². The van der Waals surface area contributed by atoms with Crippen molar-refractivity contribution in [1.29, 1.82) is 0 Å². The molecule has 2 N–H and O–H groups in total. The number of carbonyl (C=O) groups is 1. The highest BCUT2D eigenvalue weighted by Crippen LogP contribution is 2.48. The van der Waals surface area contributed by atoms with Gasteiger partial charge in [0.1, 0.15) is 13.2 Å². The zero-order valence-electron chi connectivity index (χ0n) is 14.4. The average molecular weight is 376 g/mol. The van der Waals surface area contributed by atoms with Crippen LogP contribution in [-0.2, 0) is 16.1 Å².